The van der Waals surface area contributed by atoms with E-state index in [0.717, 1.165) is 30.9 Å². The maximum absolute atomic E-state index is 11.5. The molecule has 1 atom stereocenters. The summed E-state index contributed by atoms with van der Waals surface area (Å²) in [4.78, 5) is 13.6. The highest BCUT2D eigenvalue weighted by atomic mass is 16.5. The lowest BCUT2D eigenvalue weighted by Gasteiger charge is -2.34. The molecule has 1 aromatic rings. The lowest BCUT2D eigenvalue weighted by atomic mass is 10.1. The summed E-state index contributed by atoms with van der Waals surface area (Å²) >= 11 is 0. The monoisotopic (exact) mass is 277 g/mol. The van der Waals surface area contributed by atoms with Gasteiger partial charge in [-0.05, 0) is 31.5 Å². The van der Waals surface area contributed by atoms with Crippen LogP contribution in [0.3, 0.4) is 0 Å². The summed E-state index contributed by atoms with van der Waals surface area (Å²) in [6, 6.07) is 7.79. The van der Waals surface area contributed by atoms with Crippen LogP contribution in [0.2, 0.25) is 0 Å². The average Bonchev–Trinajstić information content (AvgIpc) is 2.41. The first-order valence-electron chi connectivity index (χ1n) is 7.06. The number of ether oxygens (including phenoxy) is 1. The molecule has 110 valence electrons. The first-order valence-corrected chi connectivity index (χ1v) is 7.06. The topological polar surface area (TPSA) is 67.6 Å². The summed E-state index contributed by atoms with van der Waals surface area (Å²) in [5.41, 5.74) is 6.61. The highest BCUT2D eigenvalue weighted by Gasteiger charge is 2.26. The van der Waals surface area contributed by atoms with Gasteiger partial charge >= 0.3 is 0 Å². The molecule has 1 aromatic carbocycles. The Labute approximate surface area is 120 Å². The van der Waals surface area contributed by atoms with E-state index in [2.05, 4.69) is 10.2 Å². The maximum atomic E-state index is 11.5. The summed E-state index contributed by atoms with van der Waals surface area (Å²) in [7, 11) is 0. The van der Waals surface area contributed by atoms with Crippen LogP contribution < -0.4 is 15.8 Å². The number of carbonyl (C=O) groups is 1. The molecule has 1 saturated heterocycles. The van der Waals surface area contributed by atoms with Gasteiger partial charge in [-0.3, -0.25) is 9.69 Å². The lowest BCUT2D eigenvalue weighted by molar-refractivity contribution is -0.124. The number of hydrogen-bond donors (Lipinski definition) is 2. The number of amides is 1. The van der Waals surface area contributed by atoms with Crippen molar-refractivity contribution in [2.75, 3.05) is 19.6 Å². The Morgan fingerprint density at radius 1 is 1.45 bits per heavy atom. The van der Waals surface area contributed by atoms with Gasteiger partial charge in [-0.2, -0.15) is 0 Å². The Morgan fingerprint density at radius 2 is 2.15 bits per heavy atom. The minimum atomic E-state index is -0.267. The van der Waals surface area contributed by atoms with Crippen LogP contribution in [0.15, 0.2) is 24.3 Å². The molecule has 0 radical (unpaired) electrons. The van der Waals surface area contributed by atoms with E-state index in [4.69, 9.17) is 10.5 Å². The van der Waals surface area contributed by atoms with Crippen molar-refractivity contribution in [2.45, 2.75) is 32.5 Å². The van der Waals surface area contributed by atoms with Gasteiger partial charge in [-0.1, -0.05) is 12.1 Å². The van der Waals surface area contributed by atoms with Gasteiger partial charge in [0.05, 0.1) is 6.10 Å². The van der Waals surface area contributed by atoms with E-state index < -0.39 is 0 Å². The molecule has 2 rings (SSSR count). The van der Waals surface area contributed by atoms with Crippen molar-refractivity contribution >= 4 is 5.91 Å². The van der Waals surface area contributed by atoms with Gasteiger partial charge in [-0.25, -0.2) is 0 Å². The van der Waals surface area contributed by atoms with E-state index in [9.17, 15) is 4.79 Å². The number of primary amides is 1. The molecular formula is C15H23N3O2. The van der Waals surface area contributed by atoms with Gasteiger partial charge < -0.3 is 15.8 Å². The summed E-state index contributed by atoms with van der Waals surface area (Å²) in [6.45, 7) is 7.09. The maximum Gasteiger partial charge on any atom is 0.236 e. The molecule has 1 aliphatic rings. The van der Waals surface area contributed by atoms with Crippen molar-refractivity contribution in [3.63, 3.8) is 0 Å². The second-order valence-corrected chi connectivity index (χ2v) is 5.40. The first-order chi connectivity index (χ1) is 9.56. The fraction of sp³-hybridized carbons (Fsp3) is 0.533. The van der Waals surface area contributed by atoms with Crippen LogP contribution in [0, 0.1) is 0 Å². The molecular weight excluding hydrogens is 254 g/mol. The molecule has 1 amide bonds. The molecule has 5 nitrogen and oxygen atoms in total. The molecule has 5 heteroatoms. The Bertz CT molecular complexity index is 445. The number of benzene rings is 1. The van der Waals surface area contributed by atoms with E-state index in [0.29, 0.717) is 6.54 Å². The molecule has 0 saturated carbocycles. The number of rotatable bonds is 5. The molecule has 1 aliphatic heterocycles. The second kappa shape index (κ2) is 6.72. The predicted octanol–water partition coefficient (Wildman–Crippen LogP) is 0.733. The zero-order valence-corrected chi connectivity index (χ0v) is 12.1. The molecule has 0 spiro atoms. The predicted molar refractivity (Wildman–Crippen MR) is 78.5 cm³/mol. The van der Waals surface area contributed by atoms with Crippen LogP contribution in [0.1, 0.15) is 19.4 Å². The normalized spacial score (nSPS) is 20.1. The van der Waals surface area contributed by atoms with Crippen LogP contribution in [0.25, 0.3) is 0 Å². The van der Waals surface area contributed by atoms with Crippen molar-refractivity contribution in [3.05, 3.63) is 29.8 Å². The largest absolute Gasteiger partial charge is 0.491 e. The van der Waals surface area contributed by atoms with E-state index in [1.165, 1.54) is 0 Å². The van der Waals surface area contributed by atoms with Gasteiger partial charge in [0.2, 0.25) is 5.91 Å². The van der Waals surface area contributed by atoms with Crippen LogP contribution >= 0.6 is 0 Å². The minimum absolute atomic E-state index is 0.174. The summed E-state index contributed by atoms with van der Waals surface area (Å²) < 4.78 is 5.62. The van der Waals surface area contributed by atoms with Crippen molar-refractivity contribution in [1.82, 2.24) is 10.2 Å². The van der Waals surface area contributed by atoms with E-state index in [1.54, 1.807) is 0 Å². The fourth-order valence-electron chi connectivity index (χ4n) is 2.40. The molecule has 3 N–H and O–H groups in total. The summed E-state index contributed by atoms with van der Waals surface area (Å²) in [6.07, 6.45) is 0.174. The third-order valence-corrected chi connectivity index (χ3v) is 3.36. The van der Waals surface area contributed by atoms with Crippen LogP contribution in [0.5, 0.6) is 5.75 Å². The number of hydrogen-bond acceptors (Lipinski definition) is 4. The van der Waals surface area contributed by atoms with Crippen LogP contribution in [-0.2, 0) is 11.3 Å². The molecule has 1 fully saturated rings. The van der Waals surface area contributed by atoms with Crippen LogP contribution in [-0.4, -0.2) is 42.6 Å². The third-order valence-electron chi connectivity index (χ3n) is 3.36. The SMILES string of the molecule is CC(C)Oc1ccc(CN2CCNCC2C(N)=O)cc1. The average molecular weight is 277 g/mol. The number of piperazine rings is 1. The van der Waals surface area contributed by atoms with Crippen molar-refractivity contribution in [3.8, 4) is 5.75 Å². The number of carbonyl (C=O) groups excluding carboxylic acids is 1. The molecule has 1 unspecified atom stereocenters. The molecule has 0 aromatic heterocycles. The van der Waals surface area contributed by atoms with E-state index in [1.807, 2.05) is 38.1 Å². The third kappa shape index (κ3) is 3.95. The van der Waals surface area contributed by atoms with Crippen molar-refractivity contribution in [1.29, 1.82) is 0 Å². The Balaban J connectivity index is 1.99. The highest BCUT2D eigenvalue weighted by molar-refractivity contribution is 5.80. The number of nitrogens with two attached hydrogens (primary N) is 1. The van der Waals surface area contributed by atoms with Gasteiger partial charge in [-0.15, -0.1) is 0 Å². The minimum Gasteiger partial charge on any atom is -0.491 e. The summed E-state index contributed by atoms with van der Waals surface area (Å²) in [5.74, 6) is 0.604. The van der Waals surface area contributed by atoms with Gasteiger partial charge in [0.15, 0.2) is 0 Å². The zero-order chi connectivity index (χ0) is 14.5. The van der Waals surface area contributed by atoms with Crippen LogP contribution in [0.4, 0.5) is 0 Å². The lowest BCUT2D eigenvalue weighted by Crippen LogP contribution is -2.56. The Hall–Kier alpha value is -1.59. The Morgan fingerprint density at radius 3 is 2.75 bits per heavy atom. The standard InChI is InChI=1S/C15H23N3O2/c1-11(2)20-13-5-3-12(4-6-13)10-18-8-7-17-9-14(18)15(16)19/h3-6,11,14,17H,7-10H2,1-2H3,(H2,16,19). The van der Waals surface area contributed by atoms with Gasteiger partial charge in [0, 0.05) is 26.2 Å². The first kappa shape index (κ1) is 14.8. The molecule has 0 bridgehead atoms. The van der Waals surface area contributed by atoms with Crippen molar-refractivity contribution < 1.29 is 9.53 Å². The van der Waals surface area contributed by atoms with Gasteiger partial charge in [0.1, 0.15) is 11.8 Å². The fourth-order valence-corrected chi connectivity index (χ4v) is 2.40. The summed E-state index contributed by atoms with van der Waals surface area (Å²) in [5, 5.41) is 3.20. The highest BCUT2D eigenvalue weighted by Crippen LogP contribution is 2.16. The van der Waals surface area contributed by atoms with Crippen molar-refractivity contribution in [2.24, 2.45) is 5.73 Å². The second-order valence-electron chi connectivity index (χ2n) is 5.40. The van der Waals surface area contributed by atoms with Gasteiger partial charge in [0.25, 0.3) is 0 Å². The number of nitrogens with zero attached hydrogens (tertiary/aromatic N) is 1. The Kier molecular flexibility index (Phi) is 4.98. The molecule has 1 heterocycles. The smallest absolute Gasteiger partial charge is 0.236 e. The van der Waals surface area contributed by atoms with E-state index in [-0.39, 0.29) is 18.1 Å². The number of nitrogens with one attached hydrogen (secondary N) is 1. The molecule has 20 heavy (non-hydrogen) atoms. The quantitative estimate of drug-likeness (QED) is 0.833. The zero-order valence-electron chi connectivity index (χ0n) is 12.1. The van der Waals surface area contributed by atoms with E-state index >= 15 is 0 Å². The molecule has 0 aliphatic carbocycles.